The number of hydrogen-bond donors (Lipinski definition) is 2. The van der Waals surface area contributed by atoms with E-state index in [1.807, 2.05) is 0 Å². The summed E-state index contributed by atoms with van der Waals surface area (Å²) in [7, 11) is 1.55. The maximum absolute atomic E-state index is 12.9. The fourth-order valence-electron chi connectivity index (χ4n) is 3.89. The molecule has 3 amide bonds. The zero-order valence-electron chi connectivity index (χ0n) is 22.4. The summed E-state index contributed by atoms with van der Waals surface area (Å²) in [5, 5.41) is 6.34. The van der Waals surface area contributed by atoms with Crippen LogP contribution in [0.15, 0.2) is 60.8 Å². The molecular formula is C29H26Cl3N5O4. The molecular weight excluding hydrogens is 589 g/mol. The van der Waals surface area contributed by atoms with Gasteiger partial charge in [0.2, 0.25) is 17.7 Å². The van der Waals surface area contributed by atoms with Crippen LogP contribution in [0, 0.1) is 6.92 Å². The molecule has 0 atom stereocenters. The summed E-state index contributed by atoms with van der Waals surface area (Å²) in [5.41, 5.74) is 3.51. The highest BCUT2D eigenvalue weighted by Crippen LogP contribution is 2.35. The lowest BCUT2D eigenvalue weighted by molar-refractivity contribution is -0.122. The average Bonchev–Trinajstić information content (AvgIpc) is 3.24. The number of aromatic nitrogens is 2. The van der Waals surface area contributed by atoms with Crippen molar-refractivity contribution in [2.24, 2.45) is 0 Å². The first-order valence-electron chi connectivity index (χ1n) is 12.4. The van der Waals surface area contributed by atoms with Crippen molar-refractivity contribution < 1.29 is 19.1 Å². The molecule has 0 aliphatic rings. The highest BCUT2D eigenvalue weighted by Gasteiger charge is 2.20. The maximum Gasteiger partial charge on any atom is 0.246 e. The number of benzene rings is 2. The fourth-order valence-corrected chi connectivity index (χ4v) is 4.68. The van der Waals surface area contributed by atoms with E-state index in [4.69, 9.17) is 39.5 Å². The molecule has 0 aliphatic carbocycles. The molecule has 0 radical (unpaired) electrons. The number of fused-ring (bicyclic) bond motifs is 1. The van der Waals surface area contributed by atoms with Crippen molar-refractivity contribution in [1.82, 2.24) is 14.7 Å². The van der Waals surface area contributed by atoms with E-state index in [0.717, 1.165) is 5.56 Å². The second-order valence-electron chi connectivity index (χ2n) is 9.01. The van der Waals surface area contributed by atoms with Gasteiger partial charge < -0.3 is 20.3 Å². The van der Waals surface area contributed by atoms with Crippen molar-refractivity contribution in [2.75, 3.05) is 23.8 Å². The van der Waals surface area contributed by atoms with E-state index < -0.39 is 11.8 Å². The number of carbonyl (C=O) groups is 3. The van der Waals surface area contributed by atoms with Crippen LogP contribution in [0.2, 0.25) is 15.2 Å². The number of amides is 3. The Morgan fingerprint density at radius 1 is 1.07 bits per heavy atom. The third-order valence-corrected chi connectivity index (χ3v) is 7.29. The Morgan fingerprint density at radius 3 is 2.51 bits per heavy atom. The van der Waals surface area contributed by atoms with Crippen LogP contribution in [0.5, 0.6) is 5.75 Å². The van der Waals surface area contributed by atoms with Gasteiger partial charge in [0.05, 0.1) is 22.9 Å². The standard InChI is InChI=1S/C29H26Cl3N5O4/c1-17-28(32)37-14-4-5-24(29(37)34-17)41-16-21-22(30)11-12-23(27(21)31)36(3)26(40)15-33-25(39)13-8-19-6-9-20(10-7-19)35-18(2)38/h4-14H,15-16H2,1-3H3,(H,33,39)(H,35,38). The number of imidazole rings is 1. The lowest BCUT2D eigenvalue weighted by Gasteiger charge is -2.21. The highest BCUT2D eigenvalue weighted by molar-refractivity contribution is 6.38. The third kappa shape index (κ3) is 7.18. The Labute approximate surface area is 251 Å². The van der Waals surface area contributed by atoms with Crippen molar-refractivity contribution in [3.63, 3.8) is 0 Å². The van der Waals surface area contributed by atoms with Crippen molar-refractivity contribution in [2.45, 2.75) is 20.5 Å². The van der Waals surface area contributed by atoms with Gasteiger partial charge in [0, 0.05) is 42.5 Å². The van der Waals surface area contributed by atoms with Crippen LogP contribution in [0.25, 0.3) is 11.7 Å². The van der Waals surface area contributed by atoms with E-state index in [2.05, 4.69) is 15.6 Å². The van der Waals surface area contributed by atoms with Gasteiger partial charge in [0.1, 0.15) is 11.8 Å². The average molecular weight is 615 g/mol. The Kier molecular flexibility index (Phi) is 9.54. The molecule has 4 rings (SSSR count). The first-order chi connectivity index (χ1) is 19.5. The second kappa shape index (κ2) is 13.1. The smallest absolute Gasteiger partial charge is 0.246 e. The topological polar surface area (TPSA) is 105 Å². The molecule has 9 nitrogen and oxygen atoms in total. The molecule has 2 heterocycles. The predicted molar refractivity (Wildman–Crippen MR) is 162 cm³/mol. The molecule has 4 aromatic rings. The van der Waals surface area contributed by atoms with Gasteiger partial charge in [-0.3, -0.25) is 18.8 Å². The normalized spacial score (nSPS) is 11.1. The van der Waals surface area contributed by atoms with Gasteiger partial charge in [0.25, 0.3) is 0 Å². The molecule has 12 heteroatoms. The van der Waals surface area contributed by atoms with Crippen LogP contribution in [0.4, 0.5) is 11.4 Å². The number of halogens is 3. The molecule has 41 heavy (non-hydrogen) atoms. The van der Waals surface area contributed by atoms with E-state index in [9.17, 15) is 14.4 Å². The minimum atomic E-state index is -0.447. The zero-order chi connectivity index (χ0) is 29.7. The van der Waals surface area contributed by atoms with E-state index in [1.165, 1.54) is 17.9 Å². The lowest BCUT2D eigenvalue weighted by atomic mass is 10.2. The molecule has 0 fully saturated rings. The molecule has 0 saturated heterocycles. The Morgan fingerprint density at radius 2 is 1.80 bits per heavy atom. The second-order valence-corrected chi connectivity index (χ2v) is 10.2. The molecule has 0 saturated carbocycles. The summed E-state index contributed by atoms with van der Waals surface area (Å²) in [4.78, 5) is 42.1. The molecule has 0 spiro atoms. The molecule has 2 N–H and O–H groups in total. The lowest BCUT2D eigenvalue weighted by Crippen LogP contribution is -2.37. The van der Waals surface area contributed by atoms with E-state index >= 15 is 0 Å². The minimum Gasteiger partial charge on any atom is -0.485 e. The quantitative estimate of drug-likeness (QED) is 0.227. The SMILES string of the molecule is CC(=O)Nc1ccc(C=CC(=O)NCC(=O)N(C)c2ccc(Cl)c(COc3cccn4c(Cl)c(C)nc34)c2Cl)cc1. The summed E-state index contributed by atoms with van der Waals surface area (Å²) >= 11 is 19.4. The van der Waals surface area contributed by atoms with Gasteiger partial charge in [-0.2, -0.15) is 0 Å². The van der Waals surface area contributed by atoms with Gasteiger partial charge in [-0.15, -0.1) is 0 Å². The van der Waals surface area contributed by atoms with Crippen LogP contribution in [-0.2, 0) is 21.0 Å². The molecule has 2 aromatic heterocycles. The van der Waals surface area contributed by atoms with Gasteiger partial charge in [0.15, 0.2) is 11.4 Å². The van der Waals surface area contributed by atoms with Gasteiger partial charge in [-0.05, 0) is 55.0 Å². The first kappa shape index (κ1) is 29.9. The molecule has 0 bridgehead atoms. The molecule has 0 unspecified atom stereocenters. The van der Waals surface area contributed by atoms with Crippen LogP contribution in [0.1, 0.15) is 23.7 Å². The Bertz CT molecular complexity index is 1650. The minimum absolute atomic E-state index is 0.0179. The first-order valence-corrected chi connectivity index (χ1v) is 13.5. The predicted octanol–water partition coefficient (Wildman–Crippen LogP) is 5.93. The summed E-state index contributed by atoms with van der Waals surface area (Å²) in [6, 6.07) is 13.7. The summed E-state index contributed by atoms with van der Waals surface area (Å²) in [5.74, 6) is -0.521. The van der Waals surface area contributed by atoms with Crippen LogP contribution < -0.4 is 20.3 Å². The maximum atomic E-state index is 12.9. The van der Waals surface area contributed by atoms with Crippen molar-refractivity contribution in [3.8, 4) is 5.75 Å². The van der Waals surface area contributed by atoms with E-state index in [1.54, 1.807) is 79.2 Å². The number of hydrogen-bond acceptors (Lipinski definition) is 5. The number of ether oxygens (including phenoxy) is 1. The van der Waals surface area contributed by atoms with Crippen LogP contribution in [0.3, 0.4) is 0 Å². The Balaban J connectivity index is 1.38. The number of anilines is 2. The number of nitrogens with one attached hydrogen (secondary N) is 2. The Hall–Kier alpha value is -4.05. The number of carbonyl (C=O) groups excluding carboxylic acids is 3. The molecule has 2 aromatic carbocycles. The van der Waals surface area contributed by atoms with Crippen LogP contribution in [-0.4, -0.2) is 40.7 Å². The summed E-state index contributed by atoms with van der Waals surface area (Å²) in [6.07, 6.45) is 4.70. The number of nitrogens with zero attached hydrogens (tertiary/aromatic N) is 3. The van der Waals surface area contributed by atoms with Gasteiger partial charge >= 0.3 is 0 Å². The number of aryl methyl sites for hydroxylation is 1. The monoisotopic (exact) mass is 613 g/mol. The number of pyridine rings is 1. The van der Waals surface area contributed by atoms with Crippen LogP contribution >= 0.6 is 34.8 Å². The van der Waals surface area contributed by atoms with Gasteiger partial charge in [-0.1, -0.05) is 46.9 Å². The van der Waals surface area contributed by atoms with E-state index in [0.29, 0.717) is 44.2 Å². The number of likely N-dealkylation sites (N-methyl/N-ethyl adjacent to an activating group) is 1. The van der Waals surface area contributed by atoms with Gasteiger partial charge in [-0.25, -0.2) is 4.98 Å². The summed E-state index contributed by atoms with van der Waals surface area (Å²) in [6.45, 7) is 2.99. The third-order valence-electron chi connectivity index (χ3n) is 6.06. The van der Waals surface area contributed by atoms with E-state index in [-0.39, 0.29) is 24.1 Å². The van der Waals surface area contributed by atoms with Crippen molar-refractivity contribution >= 4 is 75.6 Å². The fraction of sp³-hybridized carbons (Fsp3) is 0.172. The largest absolute Gasteiger partial charge is 0.485 e. The zero-order valence-corrected chi connectivity index (χ0v) is 24.6. The summed E-state index contributed by atoms with van der Waals surface area (Å²) < 4.78 is 7.71. The molecule has 0 aliphatic heterocycles. The number of rotatable bonds is 9. The van der Waals surface area contributed by atoms with Crippen molar-refractivity contribution in [3.05, 3.63) is 92.8 Å². The molecule has 212 valence electrons. The highest BCUT2D eigenvalue weighted by atomic mass is 35.5. The van der Waals surface area contributed by atoms with Crippen molar-refractivity contribution in [1.29, 1.82) is 0 Å².